The van der Waals surface area contributed by atoms with E-state index in [2.05, 4.69) is 6.58 Å². The minimum Gasteiger partial charge on any atom is -0.352 e. The van der Waals surface area contributed by atoms with Gasteiger partial charge in [-0.15, -0.1) is 0 Å². The summed E-state index contributed by atoms with van der Waals surface area (Å²) in [7, 11) is 0. The zero-order chi connectivity index (χ0) is 11.1. The molecule has 0 radical (unpaired) electrons. The lowest BCUT2D eigenvalue weighted by atomic mass is 10.2. The van der Waals surface area contributed by atoms with Gasteiger partial charge in [0, 0.05) is 17.6 Å². The van der Waals surface area contributed by atoms with E-state index in [4.69, 9.17) is 4.74 Å². The van der Waals surface area contributed by atoms with Crippen molar-refractivity contribution in [3.63, 3.8) is 0 Å². The van der Waals surface area contributed by atoms with Crippen LogP contribution in [0.4, 0.5) is 0 Å². The van der Waals surface area contributed by atoms with E-state index in [1.807, 2.05) is 35.2 Å². The molecule has 2 unspecified atom stereocenters. The SMILES string of the molecule is C=C1CC2COC(c3ccccc3)N2C1=O. The summed E-state index contributed by atoms with van der Waals surface area (Å²) >= 11 is 0. The number of nitrogens with zero attached hydrogens (tertiary/aromatic N) is 1. The molecular formula is C13H13NO2. The Morgan fingerprint density at radius 1 is 1.31 bits per heavy atom. The van der Waals surface area contributed by atoms with Crippen molar-refractivity contribution in [2.75, 3.05) is 6.61 Å². The Labute approximate surface area is 94.3 Å². The molecule has 16 heavy (non-hydrogen) atoms. The summed E-state index contributed by atoms with van der Waals surface area (Å²) in [5, 5.41) is 0. The third kappa shape index (κ3) is 1.28. The lowest BCUT2D eigenvalue weighted by Crippen LogP contribution is -2.30. The van der Waals surface area contributed by atoms with Gasteiger partial charge in [0.05, 0.1) is 12.6 Å². The molecule has 2 atom stereocenters. The standard InChI is InChI=1S/C13H13NO2/c1-9-7-11-8-16-13(14(11)12(9)15)10-5-3-2-4-6-10/h2-6,11,13H,1,7-8H2. The molecule has 82 valence electrons. The van der Waals surface area contributed by atoms with Gasteiger partial charge in [-0.1, -0.05) is 36.9 Å². The summed E-state index contributed by atoms with van der Waals surface area (Å²) in [6.45, 7) is 4.41. The van der Waals surface area contributed by atoms with Gasteiger partial charge in [-0.25, -0.2) is 0 Å². The molecule has 1 aromatic carbocycles. The molecule has 2 aliphatic heterocycles. The Morgan fingerprint density at radius 3 is 2.81 bits per heavy atom. The molecule has 1 aromatic rings. The van der Waals surface area contributed by atoms with E-state index in [1.54, 1.807) is 0 Å². The number of ether oxygens (including phenoxy) is 1. The van der Waals surface area contributed by atoms with Crippen LogP contribution in [0, 0.1) is 0 Å². The van der Waals surface area contributed by atoms with Gasteiger partial charge in [-0.05, 0) is 0 Å². The molecular weight excluding hydrogens is 202 g/mol. The van der Waals surface area contributed by atoms with E-state index in [0.29, 0.717) is 12.2 Å². The van der Waals surface area contributed by atoms with E-state index in [-0.39, 0.29) is 18.2 Å². The molecule has 0 aliphatic carbocycles. The number of carbonyl (C=O) groups is 1. The Hall–Kier alpha value is -1.61. The molecule has 2 saturated heterocycles. The maximum atomic E-state index is 11.9. The molecule has 2 aliphatic rings. The number of carbonyl (C=O) groups excluding carboxylic acids is 1. The first-order valence-electron chi connectivity index (χ1n) is 5.44. The normalized spacial score (nSPS) is 28.6. The first-order chi connectivity index (χ1) is 7.77. The highest BCUT2D eigenvalue weighted by molar-refractivity contribution is 5.96. The number of benzene rings is 1. The Bertz CT molecular complexity index is 441. The second-order valence-electron chi connectivity index (χ2n) is 4.27. The molecule has 2 heterocycles. The highest BCUT2D eigenvalue weighted by Crippen LogP contribution is 2.38. The van der Waals surface area contributed by atoms with Crippen LogP contribution in [0.25, 0.3) is 0 Å². The minimum atomic E-state index is -0.224. The fraction of sp³-hybridized carbons (Fsp3) is 0.308. The van der Waals surface area contributed by atoms with Gasteiger partial charge in [-0.3, -0.25) is 4.79 Å². The molecule has 3 heteroatoms. The predicted molar refractivity (Wildman–Crippen MR) is 59.5 cm³/mol. The molecule has 0 saturated carbocycles. The highest BCUT2D eigenvalue weighted by Gasteiger charge is 2.44. The Morgan fingerprint density at radius 2 is 2.06 bits per heavy atom. The zero-order valence-corrected chi connectivity index (χ0v) is 8.93. The van der Waals surface area contributed by atoms with Crippen molar-refractivity contribution in [1.82, 2.24) is 4.90 Å². The molecule has 1 amide bonds. The lowest BCUT2D eigenvalue weighted by molar-refractivity contribution is -0.131. The molecule has 3 rings (SSSR count). The number of hydrogen-bond donors (Lipinski definition) is 0. The molecule has 0 aromatic heterocycles. The van der Waals surface area contributed by atoms with Gasteiger partial charge < -0.3 is 9.64 Å². The minimum absolute atomic E-state index is 0.0383. The van der Waals surface area contributed by atoms with Gasteiger partial charge in [0.1, 0.15) is 0 Å². The smallest absolute Gasteiger partial charge is 0.251 e. The lowest BCUT2D eigenvalue weighted by Gasteiger charge is -2.22. The van der Waals surface area contributed by atoms with Crippen molar-refractivity contribution in [3.8, 4) is 0 Å². The summed E-state index contributed by atoms with van der Waals surface area (Å²) < 4.78 is 5.69. The topological polar surface area (TPSA) is 29.5 Å². The Balaban J connectivity index is 1.94. The van der Waals surface area contributed by atoms with Gasteiger partial charge in [-0.2, -0.15) is 0 Å². The van der Waals surface area contributed by atoms with Crippen LogP contribution in [0.1, 0.15) is 18.2 Å². The van der Waals surface area contributed by atoms with E-state index in [0.717, 1.165) is 12.0 Å². The highest BCUT2D eigenvalue weighted by atomic mass is 16.5. The number of amides is 1. The molecule has 0 N–H and O–H groups in total. The second kappa shape index (κ2) is 3.46. The van der Waals surface area contributed by atoms with Gasteiger partial charge in [0.2, 0.25) is 0 Å². The van der Waals surface area contributed by atoms with Crippen LogP contribution >= 0.6 is 0 Å². The summed E-state index contributed by atoms with van der Waals surface area (Å²) in [4.78, 5) is 13.7. The van der Waals surface area contributed by atoms with Crippen LogP contribution in [-0.2, 0) is 9.53 Å². The third-order valence-corrected chi connectivity index (χ3v) is 3.20. The molecule has 2 fully saturated rings. The monoisotopic (exact) mass is 215 g/mol. The van der Waals surface area contributed by atoms with Crippen molar-refractivity contribution in [1.29, 1.82) is 0 Å². The van der Waals surface area contributed by atoms with Crippen LogP contribution < -0.4 is 0 Å². The van der Waals surface area contributed by atoms with Crippen molar-refractivity contribution >= 4 is 5.91 Å². The van der Waals surface area contributed by atoms with E-state index in [1.165, 1.54) is 0 Å². The van der Waals surface area contributed by atoms with Crippen molar-refractivity contribution in [3.05, 3.63) is 48.0 Å². The van der Waals surface area contributed by atoms with Crippen LogP contribution in [0.15, 0.2) is 42.5 Å². The van der Waals surface area contributed by atoms with Crippen LogP contribution in [0.3, 0.4) is 0 Å². The van der Waals surface area contributed by atoms with Crippen LogP contribution in [0.5, 0.6) is 0 Å². The first kappa shape index (κ1) is 9.60. The fourth-order valence-electron chi connectivity index (χ4n) is 2.41. The zero-order valence-electron chi connectivity index (χ0n) is 8.93. The predicted octanol–water partition coefficient (Wildman–Crippen LogP) is 1.87. The van der Waals surface area contributed by atoms with Gasteiger partial charge in [0.15, 0.2) is 6.23 Å². The number of fused-ring (bicyclic) bond motifs is 1. The third-order valence-electron chi connectivity index (χ3n) is 3.20. The van der Waals surface area contributed by atoms with Crippen LogP contribution in [0.2, 0.25) is 0 Å². The number of rotatable bonds is 1. The maximum Gasteiger partial charge on any atom is 0.251 e. The van der Waals surface area contributed by atoms with Crippen LogP contribution in [-0.4, -0.2) is 23.5 Å². The quantitative estimate of drug-likeness (QED) is 0.669. The molecule has 3 nitrogen and oxygen atoms in total. The average molecular weight is 215 g/mol. The number of hydrogen-bond acceptors (Lipinski definition) is 2. The van der Waals surface area contributed by atoms with Crippen molar-refractivity contribution in [2.24, 2.45) is 0 Å². The Kier molecular flexibility index (Phi) is 2.07. The largest absolute Gasteiger partial charge is 0.352 e. The van der Waals surface area contributed by atoms with E-state index < -0.39 is 0 Å². The summed E-state index contributed by atoms with van der Waals surface area (Å²) in [5.74, 6) is 0.0383. The maximum absolute atomic E-state index is 11.9. The molecule has 0 bridgehead atoms. The summed E-state index contributed by atoms with van der Waals surface area (Å²) in [5.41, 5.74) is 1.74. The second-order valence-corrected chi connectivity index (χ2v) is 4.27. The first-order valence-corrected chi connectivity index (χ1v) is 5.44. The van der Waals surface area contributed by atoms with E-state index in [9.17, 15) is 4.79 Å². The van der Waals surface area contributed by atoms with Crippen molar-refractivity contribution in [2.45, 2.75) is 18.7 Å². The van der Waals surface area contributed by atoms with Gasteiger partial charge >= 0.3 is 0 Å². The van der Waals surface area contributed by atoms with E-state index >= 15 is 0 Å². The molecule has 0 spiro atoms. The summed E-state index contributed by atoms with van der Waals surface area (Å²) in [6, 6.07) is 10.0. The fourth-order valence-corrected chi connectivity index (χ4v) is 2.41. The summed E-state index contributed by atoms with van der Waals surface area (Å²) in [6.07, 6.45) is 0.514. The average Bonchev–Trinajstić information content (AvgIpc) is 2.83. The van der Waals surface area contributed by atoms with Crippen molar-refractivity contribution < 1.29 is 9.53 Å². The van der Waals surface area contributed by atoms with Gasteiger partial charge in [0.25, 0.3) is 5.91 Å².